The van der Waals surface area contributed by atoms with Crippen LogP contribution in [0.5, 0.6) is 0 Å². The molecule has 0 radical (unpaired) electrons. The monoisotopic (exact) mass is 683 g/mol. The normalized spacial score (nSPS) is 11.9. The van der Waals surface area contributed by atoms with Crippen molar-refractivity contribution in [2.45, 2.75) is 0 Å². The lowest BCUT2D eigenvalue weighted by Crippen LogP contribution is -1.93. The Morgan fingerprint density at radius 3 is 1.43 bits per heavy atom. The van der Waals surface area contributed by atoms with Gasteiger partial charge in [0, 0.05) is 67.9 Å². The number of thiophene rings is 2. The number of fused-ring (bicyclic) bond motifs is 9. The Kier molecular flexibility index (Phi) is 6.36. The molecular weight excluding hydrogens is 655 g/mol. The number of aromatic nitrogens is 1. The van der Waals surface area contributed by atoms with E-state index < -0.39 is 0 Å². The Morgan fingerprint density at radius 1 is 0.314 bits per heavy atom. The van der Waals surface area contributed by atoms with Crippen LogP contribution in [0.25, 0.3) is 101 Å². The van der Waals surface area contributed by atoms with Gasteiger partial charge in [-0.25, -0.2) is 0 Å². The molecule has 0 spiro atoms. The first-order valence-corrected chi connectivity index (χ1v) is 19.0. The molecule has 0 atom stereocenters. The molecule has 1 nitrogen and oxygen atoms in total. The topological polar surface area (TPSA) is 4.93 Å². The molecule has 238 valence electrons. The van der Waals surface area contributed by atoms with Crippen molar-refractivity contribution in [1.29, 1.82) is 0 Å². The van der Waals surface area contributed by atoms with E-state index in [9.17, 15) is 0 Å². The Morgan fingerprint density at radius 2 is 0.824 bits per heavy atom. The van der Waals surface area contributed by atoms with Crippen LogP contribution in [-0.2, 0) is 0 Å². The van der Waals surface area contributed by atoms with E-state index in [0.29, 0.717) is 0 Å². The van der Waals surface area contributed by atoms with Gasteiger partial charge in [-0.15, -0.1) is 22.7 Å². The van der Waals surface area contributed by atoms with Gasteiger partial charge < -0.3 is 4.57 Å². The molecule has 0 unspecified atom stereocenters. The molecule has 0 aliphatic carbocycles. The average molecular weight is 684 g/mol. The standard InChI is InChI=1S/C48H29NS2/c1-3-11-30(12-4-1)32-21-24-43-40(27-32)41-28-33(31-13-5-2-6-14-31)22-25-44(41)49(43)34-23-26-46-42(29-34)39-19-10-18-38(48(39)51-46)37-17-9-16-36-35-15-7-8-20-45(35)50-47(36)37/h1-29H. The molecule has 11 rings (SSSR count). The molecule has 0 fully saturated rings. The summed E-state index contributed by atoms with van der Waals surface area (Å²) in [6.45, 7) is 0. The highest BCUT2D eigenvalue weighted by Crippen LogP contribution is 2.46. The van der Waals surface area contributed by atoms with Gasteiger partial charge in [0.2, 0.25) is 0 Å². The van der Waals surface area contributed by atoms with Crippen LogP contribution in [0.3, 0.4) is 0 Å². The third kappa shape index (κ3) is 4.45. The van der Waals surface area contributed by atoms with Gasteiger partial charge >= 0.3 is 0 Å². The maximum atomic E-state index is 2.46. The van der Waals surface area contributed by atoms with Crippen molar-refractivity contribution < 1.29 is 0 Å². The maximum Gasteiger partial charge on any atom is 0.0541 e. The fourth-order valence-corrected chi connectivity index (χ4v) is 10.5. The SMILES string of the molecule is c1ccc(-c2ccc3c(c2)c2cc(-c4ccccc4)ccc2n3-c2ccc3sc4c(-c5cccc6c5sc5ccccc56)cccc4c3c2)cc1. The minimum atomic E-state index is 1.18. The van der Waals surface area contributed by atoms with Gasteiger partial charge in [0.1, 0.15) is 0 Å². The van der Waals surface area contributed by atoms with Gasteiger partial charge in [-0.2, -0.15) is 0 Å². The van der Waals surface area contributed by atoms with Crippen molar-refractivity contribution in [3.05, 3.63) is 176 Å². The molecule has 11 aromatic rings. The first kappa shape index (κ1) is 28.8. The van der Waals surface area contributed by atoms with Crippen LogP contribution in [0.15, 0.2) is 176 Å². The van der Waals surface area contributed by atoms with E-state index in [-0.39, 0.29) is 0 Å². The summed E-state index contributed by atoms with van der Waals surface area (Å²) < 4.78 is 7.81. The van der Waals surface area contributed by atoms with Crippen molar-refractivity contribution in [3.8, 4) is 39.1 Å². The van der Waals surface area contributed by atoms with Gasteiger partial charge in [0.05, 0.1) is 11.0 Å². The van der Waals surface area contributed by atoms with Crippen LogP contribution >= 0.6 is 22.7 Å². The summed E-state index contributed by atoms with van der Waals surface area (Å²) in [4.78, 5) is 0. The number of nitrogens with zero attached hydrogens (tertiary/aromatic N) is 1. The zero-order valence-electron chi connectivity index (χ0n) is 27.5. The predicted molar refractivity (Wildman–Crippen MR) is 223 cm³/mol. The average Bonchev–Trinajstić information content (AvgIpc) is 3.87. The van der Waals surface area contributed by atoms with E-state index >= 15 is 0 Å². The van der Waals surface area contributed by atoms with Gasteiger partial charge in [-0.3, -0.25) is 0 Å². The molecule has 0 aliphatic rings. The van der Waals surface area contributed by atoms with Crippen molar-refractivity contribution in [3.63, 3.8) is 0 Å². The highest BCUT2D eigenvalue weighted by molar-refractivity contribution is 7.27. The Bertz CT molecular complexity index is 3030. The van der Waals surface area contributed by atoms with Gasteiger partial charge in [-0.1, -0.05) is 127 Å². The minimum absolute atomic E-state index is 1.18. The molecule has 3 heterocycles. The van der Waals surface area contributed by atoms with E-state index in [2.05, 4.69) is 180 Å². The zero-order chi connectivity index (χ0) is 33.5. The van der Waals surface area contributed by atoms with Crippen molar-refractivity contribution >= 4 is 84.8 Å². The van der Waals surface area contributed by atoms with Crippen LogP contribution in [0.4, 0.5) is 0 Å². The molecule has 51 heavy (non-hydrogen) atoms. The Labute approximate surface area is 302 Å². The molecule has 3 heteroatoms. The molecule has 0 saturated heterocycles. The number of benzene rings is 8. The maximum absolute atomic E-state index is 2.46. The van der Waals surface area contributed by atoms with E-state index in [4.69, 9.17) is 0 Å². The first-order valence-electron chi connectivity index (χ1n) is 17.3. The molecule has 0 saturated carbocycles. The molecule has 0 amide bonds. The third-order valence-electron chi connectivity index (χ3n) is 10.4. The van der Waals surface area contributed by atoms with Gasteiger partial charge in [0.15, 0.2) is 0 Å². The predicted octanol–water partition coefficient (Wildman–Crippen LogP) is 14.5. The second kappa shape index (κ2) is 11.3. The summed E-state index contributed by atoms with van der Waals surface area (Å²) in [6, 6.07) is 64.7. The second-order valence-corrected chi connectivity index (χ2v) is 15.4. The number of hydrogen-bond donors (Lipinski definition) is 0. The van der Waals surface area contributed by atoms with Crippen molar-refractivity contribution in [2.75, 3.05) is 0 Å². The van der Waals surface area contributed by atoms with Gasteiger partial charge in [0.25, 0.3) is 0 Å². The summed E-state index contributed by atoms with van der Waals surface area (Å²) in [5, 5.41) is 7.81. The van der Waals surface area contributed by atoms with Crippen molar-refractivity contribution in [1.82, 2.24) is 4.57 Å². The van der Waals surface area contributed by atoms with Crippen LogP contribution in [0.1, 0.15) is 0 Å². The quantitative estimate of drug-likeness (QED) is 0.174. The smallest absolute Gasteiger partial charge is 0.0541 e. The van der Waals surface area contributed by atoms with E-state index in [1.165, 1.54) is 101 Å². The van der Waals surface area contributed by atoms with Crippen LogP contribution in [-0.4, -0.2) is 4.57 Å². The number of hydrogen-bond acceptors (Lipinski definition) is 2. The molecule has 0 N–H and O–H groups in total. The first-order chi connectivity index (χ1) is 25.3. The van der Waals surface area contributed by atoms with Crippen molar-refractivity contribution in [2.24, 2.45) is 0 Å². The lowest BCUT2D eigenvalue weighted by atomic mass is 10.0. The molecule has 8 aromatic carbocycles. The van der Waals surface area contributed by atoms with E-state index in [0.717, 1.165) is 0 Å². The molecule has 0 aliphatic heterocycles. The Hall–Kier alpha value is -6.00. The highest BCUT2D eigenvalue weighted by atomic mass is 32.1. The fourth-order valence-electron chi connectivity index (χ4n) is 8.02. The summed E-state index contributed by atoms with van der Waals surface area (Å²) in [6.07, 6.45) is 0. The number of rotatable bonds is 4. The van der Waals surface area contributed by atoms with E-state index in [1.54, 1.807) is 0 Å². The second-order valence-electron chi connectivity index (χ2n) is 13.3. The summed E-state index contributed by atoms with van der Waals surface area (Å²) in [5.74, 6) is 0. The lowest BCUT2D eigenvalue weighted by Gasteiger charge is -2.09. The minimum Gasteiger partial charge on any atom is -0.309 e. The zero-order valence-corrected chi connectivity index (χ0v) is 29.1. The summed E-state index contributed by atoms with van der Waals surface area (Å²) in [7, 11) is 0. The summed E-state index contributed by atoms with van der Waals surface area (Å²) >= 11 is 3.81. The Balaban J connectivity index is 1.13. The molecule has 3 aromatic heterocycles. The molecule has 0 bridgehead atoms. The van der Waals surface area contributed by atoms with Gasteiger partial charge in [-0.05, 0) is 70.8 Å². The molecular formula is C48H29NS2. The third-order valence-corrected chi connectivity index (χ3v) is 12.9. The lowest BCUT2D eigenvalue weighted by molar-refractivity contribution is 1.19. The summed E-state index contributed by atoms with van der Waals surface area (Å²) in [5.41, 5.74) is 11.2. The van der Waals surface area contributed by atoms with Crippen LogP contribution in [0.2, 0.25) is 0 Å². The fraction of sp³-hybridized carbons (Fsp3) is 0. The largest absolute Gasteiger partial charge is 0.309 e. The van der Waals surface area contributed by atoms with E-state index in [1.807, 2.05) is 22.7 Å². The van der Waals surface area contributed by atoms with Crippen LogP contribution in [0, 0.1) is 0 Å². The van der Waals surface area contributed by atoms with Crippen LogP contribution < -0.4 is 0 Å². The highest BCUT2D eigenvalue weighted by Gasteiger charge is 2.18.